The molecule has 0 aliphatic carbocycles. The number of nitriles is 1. The fraction of sp³-hybridized carbons (Fsp3) is 0.462. The van der Waals surface area contributed by atoms with Crippen molar-refractivity contribution in [2.24, 2.45) is 0 Å². The molecule has 0 unspecified atom stereocenters. The number of methoxy groups -OCH3 is 1. The van der Waals surface area contributed by atoms with Crippen molar-refractivity contribution >= 4 is 5.69 Å². The third-order valence-corrected chi connectivity index (χ3v) is 2.60. The standard InChI is InChI=1S/C13H18N2O2/c1-10(2)15(6-7-16)13-8-12(17-3)5-4-11(13)9-14/h4-5,8,10,16H,6-7H2,1-3H3. The van der Waals surface area contributed by atoms with Gasteiger partial charge < -0.3 is 14.7 Å². The molecule has 17 heavy (non-hydrogen) atoms. The molecule has 1 rings (SSSR count). The largest absolute Gasteiger partial charge is 0.497 e. The summed E-state index contributed by atoms with van der Waals surface area (Å²) in [5.41, 5.74) is 1.39. The Balaban J connectivity index is 3.19. The molecule has 0 fully saturated rings. The molecule has 0 amide bonds. The summed E-state index contributed by atoms with van der Waals surface area (Å²) in [5.74, 6) is 0.711. The van der Waals surface area contributed by atoms with Gasteiger partial charge in [-0.2, -0.15) is 5.26 Å². The van der Waals surface area contributed by atoms with Crippen molar-refractivity contribution in [1.82, 2.24) is 0 Å². The number of nitrogens with zero attached hydrogens (tertiary/aromatic N) is 2. The monoisotopic (exact) mass is 234 g/mol. The van der Waals surface area contributed by atoms with E-state index in [1.54, 1.807) is 19.2 Å². The summed E-state index contributed by atoms with van der Waals surface area (Å²) in [5, 5.41) is 18.2. The highest BCUT2D eigenvalue weighted by Crippen LogP contribution is 2.27. The second kappa shape index (κ2) is 6.12. The van der Waals surface area contributed by atoms with Crippen LogP contribution in [0.2, 0.25) is 0 Å². The molecule has 0 aromatic heterocycles. The van der Waals surface area contributed by atoms with E-state index in [-0.39, 0.29) is 12.6 Å². The zero-order valence-corrected chi connectivity index (χ0v) is 10.5. The predicted octanol–water partition coefficient (Wildman–Crippen LogP) is 1.77. The van der Waals surface area contributed by atoms with E-state index in [1.165, 1.54) is 0 Å². The third-order valence-electron chi connectivity index (χ3n) is 2.60. The fourth-order valence-electron chi connectivity index (χ4n) is 1.74. The molecule has 0 bridgehead atoms. The molecule has 0 radical (unpaired) electrons. The van der Waals surface area contributed by atoms with Crippen LogP contribution in [0, 0.1) is 11.3 Å². The summed E-state index contributed by atoms with van der Waals surface area (Å²) in [4.78, 5) is 1.99. The minimum atomic E-state index is 0.0558. The fourth-order valence-corrected chi connectivity index (χ4v) is 1.74. The van der Waals surface area contributed by atoms with Crippen LogP contribution in [0.1, 0.15) is 19.4 Å². The maximum Gasteiger partial charge on any atom is 0.121 e. The molecule has 1 aromatic carbocycles. The van der Waals surface area contributed by atoms with Gasteiger partial charge in [0.2, 0.25) is 0 Å². The van der Waals surface area contributed by atoms with Gasteiger partial charge >= 0.3 is 0 Å². The van der Waals surface area contributed by atoms with Gasteiger partial charge in [0.05, 0.1) is 25.0 Å². The lowest BCUT2D eigenvalue weighted by atomic mass is 10.1. The second-order valence-corrected chi connectivity index (χ2v) is 4.01. The number of benzene rings is 1. The van der Waals surface area contributed by atoms with Crippen molar-refractivity contribution in [3.05, 3.63) is 23.8 Å². The molecule has 0 spiro atoms. The quantitative estimate of drug-likeness (QED) is 0.843. The van der Waals surface area contributed by atoms with E-state index in [0.29, 0.717) is 17.9 Å². The van der Waals surface area contributed by atoms with Crippen molar-refractivity contribution < 1.29 is 9.84 Å². The summed E-state index contributed by atoms with van der Waals surface area (Å²) in [7, 11) is 1.59. The van der Waals surface area contributed by atoms with Gasteiger partial charge in [-0.05, 0) is 26.0 Å². The average molecular weight is 234 g/mol. The highest BCUT2D eigenvalue weighted by molar-refractivity contribution is 5.62. The Labute approximate surface area is 102 Å². The van der Waals surface area contributed by atoms with Crippen LogP contribution >= 0.6 is 0 Å². The summed E-state index contributed by atoms with van der Waals surface area (Å²) in [6.07, 6.45) is 0. The molecule has 92 valence electrons. The van der Waals surface area contributed by atoms with E-state index >= 15 is 0 Å². The molecule has 1 aromatic rings. The maximum atomic E-state index is 9.10. The van der Waals surface area contributed by atoms with Crippen LogP contribution in [0.15, 0.2) is 18.2 Å². The number of aliphatic hydroxyl groups is 1. The summed E-state index contributed by atoms with van der Waals surface area (Å²) in [6, 6.07) is 7.70. The highest BCUT2D eigenvalue weighted by Gasteiger charge is 2.15. The molecule has 0 aliphatic heterocycles. The second-order valence-electron chi connectivity index (χ2n) is 4.01. The zero-order valence-electron chi connectivity index (χ0n) is 10.5. The Bertz CT molecular complexity index is 410. The Morgan fingerprint density at radius 3 is 2.65 bits per heavy atom. The summed E-state index contributed by atoms with van der Waals surface area (Å²) in [6.45, 7) is 4.60. The molecule has 0 atom stereocenters. The molecular formula is C13H18N2O2. The first-order valence-electron chi connectivity index (χ1n) is 5.59. The normalized spacial score (nSPS) is 10.1. The van der Waals surface area contributed by atoms with E-state index in [1.807, 2.05) is 24.8 Å². The van der Waals surface area contributed by atoms with Gasteiger partial charge in [0.1, 0.15) is 11.8 Å². The first kappa shape index (κ1) is 13.3. The van der Waals surface area contributed by atoms with Gasteiger partial charge in [-0.25, -0.2) is 0 Å². The van der Waals surface area contributed by atoms with E-state index in [4.69, 9.17) is 15.1 Å². The summed E-state index contributed by atoms with van der Waals surface area (Å²) < 4.78 is 5.16. The third kappa shape index (κ3) is 3.11. The van der Waals surface area contributed by atoms with Crippen molar-refractivity contribution in [3.63, 3.8) is 0 Å². The minimum absolute atomic E-state index is 0.0558. The number of hydrogen-bond acceptors (Lipinski definition) is 4. The van der Waals surface area contributed by atoms with Crippen LogP contribution in [0.3, 0.4) is 0 Å². The van der Waals surface area contributed by atoms with Crippen LogP contribution in [-0.2, 0) is 0 Å². The van der Waals surface area contributed by atoms with Crippen LogP contribution in [-0.4, -0.2) is 31.4 Å². The Hall–Kier alpha value is -1.73. The van der Waals surface area contributed by atoms with Crippen molar-refractivity contribution in [1.29, 1.82) is 5.26 Å². The lowest BCUT2D eigenvalue weighted by Crippen LogP contribution is -2.34. The lowest BCUT2D eigenvalue weighted by Gasteiger charge is -2.29. The van der Waals surface area contributed by atoms with Crippen molar-refractivity contribution in [2.45, 2.75) is 19.9 Å². The van der Waals surface area contributed by atoms with E-state index in [9.17, 15) is 0 Å². The molecule has 0 aliphatic rings. The SMILES string of the molecule is COc1ccc(C#N)c(N(CCO)C(C)C)c1. The number of ether oxygens (including phenoxy) is 1. The molecule has 4 nitrogen and oxygen atoms in total. The van der Waals surface area contributed by atoms with E-state index < -0.39 is 0 Å². The van der Waals surface area contributed by atoms with Crippen LogP contribution in [0.4, 0.5) is 5.69 Å². The molecule has 1 N–H and O–H groups in total. The van der Waals surface area contributed by atoms with Gasteiger partial charge in [0, 0.05) is 18.7 Å². The minimum Gasteiger partial charge on any atom is -0.497 e. The smallest absolute Gasteiger partial charge is 0.121 e. The van der Waals surface area contributed by atoms with Gasteiger partial charge in [0.25, 0.3) is 0 Å². The molecule has 0 saturated carbocycles. The topological polar surface area (TPSA) is 56.5 Å². The number of anilines is 1. The van der Waals surface area contributed by atoms with Crippen molar-refractivity contribution in [3.8, 4) is 11.8 Å². The lowest BCUT2D eigenvalue weighted by molar-refractivity contribution is 0.299. The van der Waals surface area contributed by atoms with Crippen LogP contribution < -0.4 is 9.64 Å². The molecule has 0 heterocycles. The Morgan fingerprint density at radius 1 is 1.47 bits per heavy atom. The number of rotatable bonds is 5. The summed E-state index contributed by atoms with van der Waals surface area (Å²) >= 11 is 0. The van der Waals surface area contributed by atoms with E-state index in [2.05, 4.69) is 6.07 Å². The maximum absolute atomic E-state index is 9.10. The first-order valence-corrected chi connectivity index (χ1v) is 5.59. The van der Waals surface area contributed by atoms with E-state index in [0.717, 1.165) is 5.69 Å². The number of hydrogen-bond donors (Lipinski definition) is 1. The van der Waals surface area contributed by atoms with Crippen molar-refractivity contribution in [2.75, 3.05) is 25.2 Å². The molecular weight excluding hydrogens is 216 g/mol. The zero-order chi connectivity index (χ0) is 12.8. The average Bonchev–Trinajstić information content (AvgIpc) is 2.34. The molecule has 0 saturated heterocycles. The van der Waals surface area contributed by atoms with Gasteiger partial charge in [-0.1, -0.05) is 0 Å². The van der Waals surface area contributed by atoms with Crippen LogP contribution in [0.5, 0.6) is 5.75 Å². The van der Waals surface area contributed by atoms with Gasteiger partial charge in [-0.3, -0.25) is 0 Å². The molecule has 4 heteroatoms. The van der Waals surface area contributed by atoms with Crippen LogP contribution in [0.25, 0.3) is 0 Å². The number of aliphatic hydroxyl groups excluding tert-OH is 1. The van der Waals surface area contributed by atoms with Gasteiger partial charge in [-0.15, -0.1) is 0 Å². The predicted molar refractivity (Wildman–Crippen MR) is 67.3 cm³/mol. The first-order chi connectivity index (χ1) is 8.13. The Kier molecular flexibility index (Phi) is 4.80. The Morgan fingerprint density at radius 2 is 2.18 bits per heavy atom. The van der Waals surface area contributed by atoms with Gasteiger partial charge in [0.15, 0.2) is 0 Å². The highest BCUT2D eigenvalue weighted by atomic mass is 16.5.